The van der Waals surface area contributed by atoms with Gasteiger partial charge in [-0.15, -0.1) is 0 Å². The van der Waals surface area contributed by atoms with Crippen LogP contribution in [0.1, 0.15) is 31.5 Å². The number of nitrogens with zero attached hydrogens (tertiary/aromatic N) is 2. The Kier molecular flexibility index (Phi) is 6.44. The molecule has 7 heteroatoms. The molecule has 0 aliphatic carbocycles. The molecule has 0 fully saturated rings. The van der Waals surface area contributed by atoms with Crippen LogP contribution in [0.5, 0.6) is 0 Å². The molecule has 1 heterocycles. The van der Waals surface area contributed by atoms with Crippen molar-refractivity contribution in [2.24, 2.45) is 5.92 Å². The molecule has 19 heavy (non-hydrogen) atoms. The van der Waals surface area contributed by atoms with Crippen LogP contribution < -0.4 is 0 Å². The average molecular weight is 272 g/mol. The van der Waals surface area contributed by atoms with Gasteiger partial charge in [0.25, 0.3) is 0 Å². The number of hydrogen-bond donors (Lipinski definition) is 1. The number of carboxylic acid groups (broad SMARTS) is 1. The molecule has 1 N–H and O–H groups in total. The predicted molar refractivity (Wildman–Crippen MR) is 65.9 cm³/mol. The van der Waals surface area contributed by atoms with Crippen LogP contribution in [0.25, 0.3) is 0 Å². The summed E-state index contributed by atoms with van der Waals surface area (Å²) in [7, 11) is 1.61. The third-order valence-corrected chi connectivity index (χ3v) is 2.91. The first-order chi connectivity index (χ1) is 9.06. The number of rotatable bonds is 9. The van der Waals surface area contributed by atoms with E-state index in [0.29, 0.717) is 38.0 Å². The molecule has 108 valence electrons. The number of ether oxygens (including phenoxy) is 2. The van der Waals surface area contributed by atoms with Crippen molar-refractivity contribution >= 4 is 5.97 Å². The van der Waals surface area contributed by atoms with E-state index in [9.17, 15) is 4.79 Å². The molecule has 0 aliphatic heterocycles. The highest BCUT2D eigenvalue weighted by Crippen LogP contribution is 2.22. The van der Waals surface area contributed by atoms with E-state index in [1.807, 2.05) is 0 Å². The SMILES string of the molecule is COCCOCCc1noc(C(C)C(C)C(=O)O)n1. The number of carbonyl (C=O) groups is 1. The van der Waals surface area contributed by atoms with Crippen LogP contribution in [0.3, 0.4) is 0 Å². The standard InChI is InChI=1S/C12H20N2O5/c1-8(9(2)12(15)16)11-13-10(14-19-11)4-5-18-7-6-17-3/h8-9H,4-7H2,1-3H3,(H,15,16). The fourth-order valence-electron chi connectivity index (χ4n) is 1.39. The summed E-state index contributed by atoms with van der Waals surface area (Å²) in [5.74, 6) is -0.881. The van der Waals surface area contributed by atoms with Crippen molar-refractivity contribution in [2.75, 3.05) is 26.9 Å². The molecule has 0 spiro atoms. The van der Waals surface area contributed by atoms with E-state index in [1.54, 1.807) is 21.0 Å². The highest BCUT2D eigenvalue weighted by atomic mass is 16.5. The van der Waals surface area contributed by atoms with Gasteiger partial charge in [0.1, 0.15) is 0 Å². The number of hydrogen-bond acceptors (Lipinski definition) is 6. The molecule has 0 radical (unpaired) electrons. The summed E-state index contributed by atoms with van der Waals surface area (Å²) < 4.78 is 15.2. The van der Waals surface area contributed by atoms with Crippen LogP contribution in [0, 0.1) is 5.92 Å². The number of methoxy groups -OCH3 is 1. The minimum atomic E-state index is -0.879. The molecule has 0 bridgehead atoms. The normalized spacial score (nSPS) is 14.3. The number of carboxylic acids is 1. The lowest BCUT2D eigenvalue weighted by molar-refractivity contribution is -0.141. The first-order valence-electron chi connectivity index (χ1n) is 6.18. The number of aromatic nitrogens is 2. The summed E-state index contributed by atoms with van der Waals surface area (Å²) in [6.45, 7) is 4.92. The summed E-state index contributed by atoms with van der Waals surface area (Å²) in [5, 5.41) is 12.7. The molecule has 0 amide bonds. The number of aliphatic carboxylic acids is 1. The van der Waals surface area contributed by atoms with Crippen LogP contribution >= 0.6 is 0 Å². The van der Waals surface area contributed by atoms with Crippen molar-refractivity contribution in [3.05, 3.63) is 11.7 Å². The van der Waals surface area contributed by atoms with Gasteiger partial charge in [0, 0.05) is 19.4 Å². The van der Waals surface area contributed by atoms with Gasteiger partial charge in [-0.3, -0.25) is 4.79 Å². The molecule has 1 aromatic rings. The van der Waals surface area contributed by atoms with Gasteiger partial charge in [-0.25, -0.2) is 0 Å². The zero-order chi connectivity index (χ0) is 14.3. The Labute approximate surface area is 111 Å². The van der Waals surface area contributed by atoms with Crippen molar-refractivity contribution < 1.29 is 23.9 Å². The molecule has 1 aromatic heterocycles. The summed E-state index contributed by atoms with van der Waals surface area (Å²) in [6, 6.07) is 0. The Morgan fingerprint density at radius 1 is 1.37 bits per heavy atom. The second-order valence-corrected chi connectivity index (χ2v) is 4.32. The van der Waals surface area contributed by atoms with E-state index in [-0.39, 0.29) is 5.92 Å². The molecule has 2 atom stereocenters. The second-order valence-electron chi connectivity index (χ2n) is 4.32. The van der Waals surface area contributed by atoms with Gasteiger partial charge in [0.05, 0.1) is 25.7 Å². The van der Waals surface area contributed by atoms with E-state index in [2.05, 4.69) is 10.1 Å². The highest BCUT2D eigenvalue weighted by molar-refractivity contribution is 5.70. The van der Waals surface area contributed by atoms with E-state index in [1.165, 1.54) is 0 Å². The van der Waals surface area contributed by atoms with E-state index < -0.39 is 11.9 Å². The Morgan fingerprint density at radius 2 is 2.11 bits per heavy atom. The molecule has 2 unspecified atom stereocenters. The largest absolute Gasteiger partial charge is 0.481 e. The van der Waals surface area contributed by atoms with Crippen LogP contribution in [0.15, 0.2) is 4.52 Å². The summed E-state index contributed by atoms with van der Waals surface area (Å²) in [6.07, 6.45) is 0.529. The molecule has 1 rings (SSSR count). The van der Waals surface area contributed by atoms with Crippen molar-refractivity contribution in [3.8, 4) is 0 Å². The lowest BCUT2D eigenvalue weighted by atomic mass is 9.96. The monoisotopic (exact) mass is 272 g/mol. The van der Waals surface area contributed by atoms with E-state index in [4.69, 9.17) is 19.1 Å². The fourth-order valence-corrected chi connectivity index (χ4v) is 1.39. The first-order valence-corrected chi connectivity index (χ1v) is 6.18. The average Bonchev–Trinajstić information content (AvgIpc) is 2.85. The smallest absolute Gasteiger partial charge is 0.307 e. The lowest BCUT2D eigenvalue weighted by Gasteiger charge is -2.10. The zero-order valence-corrected chi connectivity index (χ0v) is 11.5. The molecular weight excluding hydrogens is 252 g/mol. The Bertz CT molecular complexity index is 393. The second kappa shape index (κ2) is 7.85. The van der Waals surface area contributed by atoms with Crippen molar-refractivity contribution in [2.45, 2.75) is 26.2 Å². The van der Waals surface area contributed by atoms with Crippen molar-refractivity contribution in [1.29, 1.82) is 0 Å². The minimum Gasteiger partial charge on any atom is -0.481 e. The Morgan fingerprint density at radius 3 is 2.74 bits per heavy atom. The van der Waals surface area contributed by atoms with Crippen LogP contribution in [0.4, 0.5) is 0 Å². The van der Waals surface area contributed by atoms with Gasteiger partial charge >= 0.3 is 5.97 Å². The minimum absolute atomic E-state index is 0.312. The van der Waals surface area contributed by atoms with Gasteiger partial charge in [0.2, 0.25) is 5.89 Å². The van der Waals surface area contributed by atoms with Gasteiger partial charge in [-0.05, 0) is 0 Å². The fraction of sp³-hybridized carbons (Fsp3) is 0.750. The van der Waals surface area contributed by atoms with Crippen LogP contribution in [-0.4, -0.2) is 48.1 Å². The summed E-state index contributed by atoms with van der Waals surface area (Å²) in [5.41, 5.74) is 0. The van der Waals surface area contributed by atoms with Crippen molar-refractivity contribution in [3.63, 3.8) is 0 Å². The lowest BCUT2D eigenvalue weighted by Crippen LogP contribution is -2.17. The first kappa shape index (κ1) is 15.6. The maximum absolute atomic E-state index is 10.9. The maximum atomic E-state index is 10.9. The van der Waals surface area contributed by atoms with Gasteiger partial charge in [0.15, 0.2) is 5.82 Å². The van der Waals surface area contributed by atoms with E-state index >= 15 is 0 Å². The third-order valence-electron chi connectivity index (χ3n) is 2.91. The molecule has 7 nitrogen and oxygen atoms in total. The van der Waals surface area contributed by atoms with Gasteiger partial charge < -0.3 is 19.1 Å². The Hall–Kier alpha value is -1.47. The van der Waals surface area contributed by atoms with Crippen LogP contribution in [-0.2, 0) is 20.7 Å². The van der Waals surface area contributed by atoms with Crippen LogP contribution in [0.2, 0.25) is 0 Å². The quantitative estimate of drug-likeness (QED) is 0.672. The highest BCUT2D eigenvalue weighted by Gasteiger charge is 2.25. The molecule has 0 saturated carbocycles. The van der Waals surface area contributed by atoms with Gasteiger partial charge in [-0.2, -0.15) is 4.98 Å². The maximum Gasteiger partial charge on any atom is 0.307 e. The molecular formula is C12H20N2O5. The topological polar surface area (TPSA) is 94.7 Å². The van der Waals surface area contributed by atoms with Gasteiger partial charge in [-0.1, -0.05) is 19.0 Å². The molecule has 0 aromatic carbocycles. The molecule has 0 saturated heterocycles. The summed E-state index contributed by atoms with van der Waals surface area (Å²) >= 11 is 0. The molecule has 0 aliphatic rings. The van der Waals surface area contributed by atoms with Crippen molar-refractivity contribution in [1.82, 2.24) is 10.1 Å². The third kappa shape index (κ3) is 4.96. The zero-order valence-electron chi connectivity index (χ0n) is 11.5. The summed E-state index contributed by atoms with van der Waals surface area (Å²) in [4.78, 5) is 15.1. The van der Waals surface area contributed by atoms with E-state index in [0.717, 1.165) is 0 Å². The Balaban J connectivity index is 2.41. The predicted octanol–water partition coefficient (Wildman–Crippen LogP) is 1.10.